The van der Waals surface area contributed by atoms with Crippen molar-refractivity contribution >= 4 is 17.5 Å². The van der Waals surface area contributed by atoms with Gasteiger partial charge in [0.15, 0.2) is 0 Å². The Balaban J connectivity index is 2.10. The molecular formula is C15H21ClN2O. The van der Waals surface area contributed by atoms with Crippen LogP contribution >= 0.6 is 11.6 Å². The Labute approximate surface area is 119 Å². The molecule has 1 N–H and O–H groups in total. The number of likely N-dealkylation sites (tertiary alicyclic amines) is 1. The Bertz CT molecular complexity index is 459. The van der Waals surface area contributed by atoms with E-state index in [0.29, 0.717) is 10.9 Å². The summed E-state index contributed by atoms with van der Waals surface area (Å²) in [5.74, 6) is 0.699. The molecule has 0 radical (unpaired) electrons. The first-order valence-corrected chi connectivity index (χ1v) is 7.19. The molecule has 104 valence electrons. The lowest BCUT2D eigenvalue weighted by atomic mass is 9.97. The lowest BCUT2D eigenvalue weighted by molar-refractivity contribution is 0.0673. The van der Waals surface area contributed by atoms with Crippen LogP contribution in [0, 0.1) is 12.8 Å². The van der Waals surface area contributed by atoms with Crippen LogP contribution in [0.25, 0.3) is 0 Å². The zero-order chi connectivity index (χ0) is 13.8. The highest BCUT2D eigenvalue weighted by Crippen LogP contribution is 2.21. The maximum Gasteiger partial charge on any atom is 0.254 e. The molecule has 1 amide bonds. The second-order valence-corrected chi connectivity index (χ2v) is 5.71. The smallest absolute Gasteiger partial charge is 0.254 e. The number of nitrogens with zero attached hydrogens (tertiary/aromatic N) is 1. The third-order valence-corrected chi connectivity index (χ3v) is 3.95. The van der Waals surface area contributed by atoms with Crippen LogP contribution in [0.15, 0.2) is 18.2 Å². The summed E-state index contributed by atoms with van der Waals surface area (Å²) in [4.78, 5) is 14.5. The molecular weight excluding hydrogens is 260 g/mol. The van der Waals surface area contributed by atoms with Crippen molar-refractivity contribution in [2.75, 3.05) is 26.7 Å². The van der Waals surface area contributed by atoms with Gasteiger partial charge in [-0.15, -0.1) is 0 Å². The zero-order valence-electron chi connectivity index (χ0n) is 11.6. The number of hydrogen-bond donors (Lipinski definition) is 1. The van der Waals surface area contributed by atoms with Gasteiger partial charge in [0.2, 0.25) is 0 Å². The SMILES string of the molecule is CNCC1CCCN(C(=O)c2ccc(Cl)cc2C)C1. The molecule has 1 aliphatic heterocycles. The summed E-state index contributed by atoms with van der Waals surface area (Å²) in [7, 11) is 1.96. The maximum atomic E-state index is 12.5. The number of carbonyl (C=O) groups excluding carboxylic acids is 1. The maximum absolute atomic E-state index is 12.5. The summed E-state index contributed by atoms with van der Waals surface area (Å²) in [6.45, 7) is 4.63. The molecule has 2 rings (SSSR count). The van der Waals surface area contributed by atoms with Crippen molar-refractivity contribution in [3.63, 3.8) is 0 Å². The van der Waals surface area contributed by atoms with Crippen molar-refractivity contribution in [2.24, 2.45) is 5.92 Å². The van der Waals surface area contributed by atoms with Gasteiger partial charge in [-0.3, -0.25) is 4.79 Å². The van der Waals surface area contributed by atoms with Crippen molar-refractivity contribution < 1.29 is 4.79 Å². The van der Waals surface area contributed by atoms with Gasteiger partial charge in [-0.2, -0.15) is 0 Å². The average molecular weight is 281 g/mol. The van der Waals surface area contributed by atoms with Gasteiger partial charge in [0.1, 0.15) is 0 Å². The molecule has 1 aromatic carbocycles. The van der Waals surface area contributed by atoms with Gasteiger partial charge in [-0.05, 0) is 63.0 Å². The van der Waals surface area contributed by atoms with Gasteiger partial charge < -0.3 is 10.2 Å². The standard InChI is InChI=1S/C15H21ClN2O/c1-11-8-13(16)5-6-14(11)15(19)18-7-3-4-12(10-18)9-17-2/h5-6,8,12,17H,3-4,7,9-10H2,1-2H3. The Morgan fingerprint density at radius 1 is 1.53 bits per heavy atom. The van der Waals surface area contributed by atoms with Crippen LogP contribution < -0.4 is 5.32 Å². The van der Waals surface area contributed by atoms with E-state index < -0.39 is 0 Å². The van der Waals surface area contributed by atoms with E-state index in [-0.39, 0.29) is 5.91 Å². The minimum absolute atomic E-state index is 0.134. The van der Waals surface area contributed by atoms with Gasteiger partial charge in [-0.25, -0.2) is 0 Å². The number of hydrogen-bond acceptors (Lipinski definition) is 2. The Kier molecular flexibility index (Phi) is 4.83. The van der Waals surface area contributed by atoms with E-state index in [0.717, 1.165) is 37.2 Å². The number of piperidine rings is 1. The molecule has 1 atom stereocenters. The summed E-state index contributed by atoms with van der Waals surface area (Å²) < 4.78 is 0. The second-order valence-electron chi connectivity index (χ2n) is 5.28. The van der Waals surface area contributed by atoms with Crippen LogP contribution in [0.2, 0.25) is 5.02 Å². The molecule has 1 unspecified atom stereocenters. The number of halogens is 1. The summed E-state index contributed by atoms with van der Waals surface area (Å²) in [6, 6.07) is 5.47. The quantitative estimate of drug-likeness (QED) is 0.923. The molecule has 0 saturated carbocycles. The van der Waals surface area contributed by atoms with Crippen molar-refractivity contribution in [3.05, 3.63) is 34.3 Å². The summed E-state index contributed by atoms with van der Waals surface area (Å²) in [5.41, 5.74) is 1.72. The highest BCUT2D eigenvalue weighted by atomic mass is 35.5. The predicted octanol–water partition coefficient (Wildman–Crippen LogP) is 2.72. The van der Waals surface area contributed by atoms with Crippen molar-refractivity contribution in [1.82, 2.24) is 10.2 Å². The fourth-order valence-corrected chi connectivity index (χ4v) is 2.97. The monoisotopic (exact) mass is 280 g/mol. The van der Waals surface area contributed by atoms with Crippen LogP contribution in [0.5, 0.6) is 0 Å². The highest BCUT2D eigenvalue weighted by Gasteiger charge is 2.24. The van der Waals surface area contributed by atoms with Crippen molar-refractivity contribution in [1.29, 1.82) is 0 Å². The van der Waals surface area contributed by atoms with E-state index in [4.69, 9.17) is 11.6 Å². The first kappa shape index (κ1) is 14.4. The fraction of sp³-hybridized carbons (Fsp3) is 0.533. The molecule has 19 heavy (non-hydrogen) atoms. The first-order valence-electron chi connectivity index (χ1n) is 6.82. The molecule has 1 aromatic rings. The van der Waals surface area contributed by atoms with Crippen LogP contribution in [0.3, 0.4) is 0 Å². The summed E-state index contributed by atoms with van der Waals surface area (Å²) >= 11 is 5.94. The minimum atomic E-state index is 0.134. The van der Waals surface area contributed by atoms with E-state index in [1.165, 1.54) is 6.42 Å². The van der Waals surface area contributed by atoms with E-state index >= 15 is 0 Å². The third kappa shape index (κ3) is 3.48. The van der Waals surface area contributed by atoms with Gasteiger partial charge in [0.05, 0.1) is 0 Å². The van der Waals surface area contributed by atoms with Crippen LogP contribution in [0.4, 0.5) is 0 Å². The Morgan fingerprint density at radius 2 is 2.32 bits per heavy atom. The molecule has 0 aliphatic carbocycles. The largest absolute Gasteiger partial charge is 0.338 e. The molecule has 0 aromatic heterocycles. The highest BCUT2D eigenvalue weighted by molar-refractivity contribution is 6.30. The number of amides is 1. The predicted molar refractivity (Wildman–Crippen MR) is 78.7 cm³/mol. The number of nitrogens with one attached hydrogen (secondary N) is 1. The van der Waals surface area contributed by atoms with Gasteiger partial charge in [0.25, 0.3) is 5.91 Å². The fourth-order valence-electron chi connectivity index (χ4n) is 2.74. The molecule has 1 saturated heterocycles. The molecule has 4 heteroatoms. The van der Waals surface area contributed by atoms with Crippen LogP contribution in [-0.4, -0.2) is 37.5 Å². The molecule has 3 nitrogen and oxygen atoms in total. The zero-order valence-corrected chi connectivity index (χ0v) is 12.3. The first-order chi connectivity index (χ1) is 9.11. The van der Waals surface area contributed by atoms with Gasteiger partial charge >= 0.3 is 0 Å². The van der Waals surface area contributed by atoms with E-state index in [9.17, 15) is 4.79 Å². The van der Waals surface area contributed by atoms with Crippen LogP contribution in [0.1, 0.15) is 28.8 Å². The molecule has 1 fully saturated rings. The van der Waals surface area contributed by atoms with E-state index in [1.807, 2.05) is 31.0 Å². The Morgan fingerprint density at radius 3 is 3.00 bits per heavy atom. The molecule has 1 aliphatic rings. The second kappa shape index (κ2) is 6.40. The summed E-state index contributed by atoms with van der Waals surface area (Å²) in [6.07, 6.45) is 2.29. The number of aryl methyl sites for hydroxylation is 1. The van der Waals surface area contributed by atoms with Crippen LogP contribution in [-0.2, 0) is 0 Å². The lowest BCUT2D eigenvalue weighted by Gasteiger charge is -2.33. The third-order valence-electron chi connectivity index (χ3n) is 3.72. The minimum Gasteiger partial charge on any atom is -0.338 e. The number of benzene rings is 1. The normalized spacial score (nSPS) is 19.5. The van der Waals surface area contributed by atoms with Gasteiger partial charge in [0, 0.05) is 23.7 Å². The van der Waals surface area contributed by atoms with Crippen molar-refractivity contribution in [3.8, 4) is 0 Å². The molecule has 0 spiro atoms. The van der Waals surface area contributed by atoms with E-state index in [2.05, 4.69) is 5.32 Å². The summed E-state index contributed by atoms with van der Waals surface area (Å²) in [5, 5.41) is 3.88. The average Bonchev–Trinajstić information content (AvgIpc) is 2.39. The molecule has 0 bridgehead atoms. The van der Waals surface area contributed by atoms with Crippen molar-refractivity contribution in [2.45, 2.75) is 19.8 Å². The number of rotatable bonds is 3. The number of carbonyl (C=O) groups is 1. The lowest BCUT2D eigenvalue weighted by Crippen LogP contribution is -2.42. The topological polar surface area (TPSA) is 32.3 Å². The molecule has 1 heterocycles. The Hall–Kier alpha value is -1.06. The van der Waals surface area contributed by atoms with E-state index in [1.54, 1.807) is 6.07 Å². The van der Waals surface area contributed by atoms with Gasteiger partial charge in [-0.1, -0.05) is 11.6 Å².